The Balaban J connectivity index is 1.29. The van der Waals surface area contributed by atoms with Gasteiger partial charge in [-0.3, -0.25) is 9.55 Å². The number of aryl methyl sites for hydroxylation is 2. The van der Waals surface area contributed by atoms with Crippen LogP contribution < -0.4 is 0 Å². The number of nitrogens with zero attached hydrogens (tertiary/aromatic N) is 3. The molecule has 7 aromatic carbocycles. The van der Waals surface area contributed by atoms with E-state index in [-0.39, 0.29) is 11.2 Å². The molecule has 0 saturated heterocycles. The van der Waals surface area contributed by atoms with E-state index < -0.39 is 11.8 Å². The number of aromatic hydroxyl groups is 1. The molecule has 0 aliphatic heterocycles. The Kier molecular flexibility index (Phi) is 10.5. The highest BCUT2D eigenvalue weighted by Crippen LogP contribution is 2.43. The molecule has 64 heavy (non-hydrogen) atoms. The summed E-state index contributed by atoms with van der Waals surface area (Å²) in [7, 11) is 0. The lowest BCUT2D eigenvalue weighted by molar-refractivity contribution is 0.471. The molecule has 0 spiro atoms. The lowest BCUT2D eigenvalue weighted by Crippen LogP contribution is -2.12. The van der Waals surface area contributed by atoms with Crippen LogP contribution in [-0.2, 0) is 5.41 Å². The van der Waals surface area contributed by atoms with Gasteiger partial charge in [0.15, 0.2) is 0 Å². The molecule has 2 heterocycles. The summed E-state index contributed by atoms with van der Waals surface area (Å²) in [5.74, 6) is -0.820. The van der Waals surface area contributed by atoms with E-state index in [9.17, 15) is 5.11 Å². The fraction of sp³-hybridized carbons (Fsp3) is 0.200. The molecule has 1 N–H and O–H groups in total. The highest BCUT2D eigenvalue weighted by Gasteiger charge is 2.25. The molecule has 0 amide bonds. The average molecular weight is 838 g/mol. The Morgan fingerprint density at radius 1 is 0.531 bits per heavy atom. The normalized spacial score (nSPS) is 12.6. The largest absolute Gasteiger partial charge is 0.507 e. The van der Waals surface area contributed by atoms with Crippen LogP contribution in [0.25, 0.3) is 83.9 Å². The van der Waals surface area contributed by atoms with Gasteiger partial charge in [-0.25, -0.2) is 4.98 Å². The van der Waals surface area contributed by atoms with Gasteiger partial charge in [0, 0.05) is 20.1 Å². The maximum Gasteiger partial charge on any atom is 0.149 e. The molecular weight excluding hydrogens is 779 g/mol. The van der Waals surface area contributed by atoms with Crippen LogP contribution in [0, 0.1) is 13.8 Å². The van der Waals surface area contributed by atoms with Gasteiger partial charge in [-0.2, -0.15) is 0 Å². The van der Waals surface area contributed by atoms with E-state index in [0.717, 1.165) is 100 Å². The fourth-order valence-electron chi connectivity index (χ4n) is 8.72. The third-order valence-electron chi connectivity index (χ3n) is 12.5. The number of fused-ring (bicyclic) bond motifs is 1. The molecule has 318 valence electrons. The third-order valence-corrected chi connectivity index (χ3v) is 12.5. The summed E-state index contributed by atoms with van der Waals surface area (Å²) >= 11 is 0. The zero-order chi connectivity index (χ0) is 46.7. The summed E-state index contributed by atoms with van der Waals surface area (Å²) in [6, 6.07) is 54.9. The van der Waals surface area contributed by atoms with Crippen molar-refractivity contribution in [2.45, 2.75) is 79.5 Å². The number of imidazole rings is 1. The van der Waals surface area contributed by atoms with E-state index in [2.05, 4.69) is 172 Å². The maximum atomic E-state index is 12.0. The Hall–Kier alpha value is -7.04. The van der Waals surface area contributed by atoms with Crippen LogP contribution in [0.5, 0.6) is 5.75 Å². The highest BCUT2D eigenvalue weighted by atomic mass is 16.3. The van der Waals surface area contributed by atoms with Crippen molar-refractivity contribution in [3.63, 3.8) is 0 Å². The molecule has 4 nitrogen and oxygen atoms in total. The van der Waals surface area contributed by atoms with Crippen LogP contribution in [0.15, 0.2) is 164 Å². The summed E-state index contributed by atoms with van der Waals surface area (Å²) < 4.78 is 20.0. The van der Waals surface area contributed by atoms with Crippen molar-refractivity contribution in [3.05, 3.63) is 192 Å². The molecule has 0 unspecified atom stereocenters. The molecule has 0 fully saturated rings. The summed E-state index contributed by atoms with van der Waals surface area (Å²) in [6.45, 7) is 18.2. The maximum absolute atomic E-state index is 12.0. The number of phenols is 1. The molecule has 0 atom stereocenters. The smallest absolute Gasteiger partial charge is 0.149 e. The van der Waals surface area contributed by atoms with Gasteiger partial charge in [-0.15, -0.1) is 0 Å². The Bertz CT molecular complexity index is 3240. The van der Waals surface area contributed by atoms with Crippen LogP contribution in [0.3, 0.4) is 0 Å². The molecule has 0 saturated carbocycles. The summed E-state index contributed by atoms with van der Waals surface area (Å²) in [6.07, 6.45) is 1.89. The number of benzene rings is 7. The second-order valence-corrected chi connectivity index (χ2v) is 18.6. The molecular formula is C60H57N3O. The van der Waals surface area contributed by atoms with Crippen molar-refractivity contribution >= 4 is 11.0 Å². The number of phenolic OH excluding ortho intramolecular Hbond substituents is 1. The monoisotopic (exact) mass is 837 g/mol. The van der Waals surface area contributed by atoms with E-state index in [0.29, 0.717) is 11.4 Å². The SMILES string of the molecule is [2H]C(C)(C)c1cc(-c2ccc(-n3c(-c4cc(C(C)(C)C)cc(C)c4O)nc4c(-c5cc(-c6ccccc6)cc(-c6cc(-c7ccccc7)ccn6)c5)cccc43)c(C)c2)cc(C([2H])(C)C)c1. The van der Waals surface area contributed by atoms with E-state index in [1.807, 2.05) is 59.0 Å². The first-order valence-electron chi connectivity index (χ1n) is 23.2. The van der Waals surface area contributed by atoms with Gasteiger partial charge in [0.25, 0.3) is 0 Å². The van der Waals surface area contributed by atoms with Gasteiger partial charge in [-0.05, 0) is 152 Å². The van der Waals surface area contributed by atoms with Crippen molar-refractivity contribution in [1.29, 1.82) is 0 Å². The number of hydrogen-bond acceptors (Lipinski definition) is 3. The third kappa shape index (κ3) is 8.17. The Morgan fingerprint density at radius 3 is 1.78 bits per heavy atom. The topological polar surface area (TPSA) is 50.9 Å². The lowest BCUT2D eigenvalue weighted by atomic mass is 9.84. The van der Waals surface area contributed by atoms with E-state index in [1.165, 1.54) is 0 Å². The van der Waals surface area contributed by atoms with E-state index in [1.54, 1.807) is 0 Å². The zero-order valence-electron chi connectivity index (χ0n) is 40.4. The Morgan fingerprint density at radius 2 is 1.14 bits per heavy atom. The fourth-order valence-corrected chi connectivity index (χ4v) is 8.72. The van der Waals surface area contributed by atoms with Gasteiger partial charge in [0.1, 0.15) is 11.6 Å². The number of rotatable bonds is 9. The first-order chi connectivity index (χ1) is 31.3. The number of aromatic nitrogens is 3. The van der Waals surface area contributed by atoms with E-state index in [4.69, 9.17) is 12.7 Å². The van der Waals surface area contributed by atoms with Gasteiger partial charge in [0.05, 0.1) is 28.0 Å². The summed E-state index contributed by atoms with van der Waals surface area (Å²) in [4.78, 5) is 10.5. The number of para-hydroxylation sites is 1. The molecule has 0 radical (unpaired) electrons. The van der Waals surface area contributed by atoms with Crippen molar-refractivity contribution in [2.24, 2.45) is 0 Å². The molecule has 4 heteroatoms. The second kappa shape index (κ2) is 16.9. The first kappa shape index (κ1) is 39.8. The van der Waals surface area contributed by atoms with Crippen LogP contribution in [-0.4, -0.2) is 19.6 Å². The van der Waals surface area contributed by atoms with Crippen LogP contribution >= 0.6 is 0 Å². The quantitative estimate of drug-likeness (QED) is 0.158. The minimum absolute atomic E-state index is 0.179. The van der Waals surface area contributed by atoms with Crippen LogP contribution in [0.4, 0.5) is 0 Å². The van der Waals surface area contributed by atoms with Crippen molar-refractivity contribution in [2.75, 3.05) is 0 Å². The van der Waals surface area contributed by atoms with Gasteiger partial charge in [-0.1, -0.05) is 152 Å². The minimum Gasteiger partial charge on any atom is -0.507 e. The molecule has 0 aliphatic rings. The van der Waals surface area contributed by atoms with Gasteiger partial charge >= 0.3 is 0 Å². The van der Waals surface area contributed by atoms with Crippen molar-refractivity contribution in [3.8, 4) is 78.6 Å². The first-order valence-corrected chi connectivity index (χ1v) is 22.2. The predicted octanol–water partition coefficient (Wildman–Crippen LogP) is 16.3. The summed E-state index contributed by atoms with van der Waals surface area (Å²) in [5, 5.41) is 12.0. The predicted molar refractivity (Wildman–Crippen MR) is 269 cm³/mol. The molecule has 9 aromatic rings. The Labute approximate surface area is 381 Å². The molecule has 0 aliphatic carbocycles. The van der Waals surface area contributed by atoms with E-state index >= 15 is 0 Å². The van der Waals surface area contributed by atoms with Crippen LogP contribution in [0.1, 0.15) is 90.8 Å². The standard InChI is InChI=1S/C60H57N3O/c1-37(2)45-29-46(38(3)4)31-48(30-45)43-23-24-55(39(5)27-43)63-56-22-16-21-52(57(56)62-59(63)53-36-51(60(7,8)9)28-40(6)58(53)64)49-32-47(42-19-14-11-15-20-42)33-50(34-49)54-35-44(25-26-61-54)41-17-12-10-13-18-41/h10-38,64H,1-9H3/i37D,38D. The second-order valence-electron chi connectivity index (χ2n) is 18.6. The molecule has 0 bridgehead atoms. The number of pyridine rings is 1. The van der Waals surface area contributed by atoms with Crippen LogP contribution in [0.2, 0.25) is 0 Å². The number of hydrogen-bond donors (Lipinski definition) is 1. The lowest BCUT2D eigenvalue weighted by Gasteiger charge is -2.22. The highest BCUT2D eigenvalue weighted by molar-refractivity contribution is 5.98. The van der Waals surface area contributed by atoms with Gasteiger partial charge in [0.2, 0.25) is 0 Å². The van der Waals surface area contributed by atoms with Gasteiger partial charge < -0.3 is 5.11 Å². The van der Waals surface area contributed by atoms with Crippen molar-refractivity contribution < 1.29 is 7.85 Å². The summed E-state index contributed by atoms with van der Waals surface area (Å²) in [5.41, 5.74) is 18.0. The molecule has 9 rings (SSSR count). The average Bonchev–Trinajstić information content (AvgIpc) is 3.68. The molecule has 2 aromatic heterocycles. The minimum atomic E-state index is -0.834. The zero-order valence-corrected chi connectivity index (χ0v) is 38.4. The van der Waals surface area contributed by atoms with Crippen molar-refractivity contribution in [1.82, 2.24) is 14.5 Å².